The van der Waals surface area contributed by atoms with E-state index in [4.69, 9.17) is 10.5 Å². The highest BCUT2D eigenvalue weighted by Crippen LogP contribution is 2.32. The van der Waals surface area contributed by atoms with Gasteiger partial charge >= 0.3 is 0 Å². The highest BCUT2D eigenvalue weighted by Gasteiger charge is 2.20. The number of likely N-dealkylation sites (tertiary alicyclic amines) is 1. The van der Waals surface area contributed by atoms with Gasteiger partial charge in [0, 0.05) is 54.8 Å². The van der Waals surface area contributed by atoms with Crippen LogP contribution in [0.25, 0.3) is 0 Å². The van der Waals surface area contributed by atoms with Gasteiger partial charge in [-0.1, -0.05) is 12.5 Å². The number of benzene rings is 2. The number of hydrogen-bond donors (Lipinski definition) is 2. The first-order valence-electron chi connectivity index (χ1n) is 12.1. The molecule has 2 aromatic rings. The number of nitrogens with zero attached hydrogens (tertiary/aromatic N) is 4. The van der Waals surface area contributed by atoms with Crippen LogP contribution in [-0.2, 0) is 4.74 Å². The number of ether oxygens (including phenoxy) is 1. The molecule has 1 amide bonds. The third-order valence-electron chi connectivity index (χ3n) is 6.34. The summed E-state index contributed by atoms with van der Waals surface area (Å²) >= 11 is 0. The van der Waals surface area contributed by atoms with Crippen LogP contribution in [0.4, 0.5) is 22.7 Å². The summed E-state index contributed by atoms with van der Waals surface area (Å²) in [4.78, 5) is 32.7. The number of anilines is 3. The van der Waals surface area contributed by atoms with Gasteiger partial charge in [0.15, 0.2) is 0 Å². The lowest BCUT2D eigenvalue weighted by molar-refractivity contribution is -0.384. The lowest BCUT2D eigenvalue weighted by Crippen LogP contribution is -2.37. The molecule has 0 aromatic heterocycles. The molecular weight excluding hydrogens is 448 g/mol. The van der Waals surface area contributed by atoms with E-state index in [1.165, 1.54) is 37.5 Å². The van der Waals surface area contributed by atoms with Gasteiger partial charge in [0.05, 0.1) is 36.1 Å². The van der Waals surface area contributed by atoms with Crippen LogP contribution in [0.3, 0.4) is 0 Å². The van der Waals surface area contributed by atoms with Gasteiger partial charge in [0.1, 0.15) is 0 Å². The molecule has 0 aliphatic carbocycles. The first-order chi connectivity index (χ1) is 17.0. The normalized spacial score (nSPS) is 17.0. The van der Waals surface area contributed by atoms with E-state index in [0.29, 0.717) is 44.2 Å². The molecule has 0 unspecified atom stereocenters. The van der Waals surface area contributed by atoms with Crippen molar-refractivity contribution >= 4 is 34.9 Å². The Hall–Kier alpha value is -3.50. The number of hydrogen-bond acceptors (Lipinski definition) is 8. The van der Waals surface area contributed by atoms with Gasteiger partial charge in [-0.3, -0.25) is 19.9 Å². The van der Waals surface area contributed by atoms with E-state index >= 15 is 0 Å². The average molecular weight is 481 g/mol. The number of piperidine rings is 1. The van der Waals surface area contributed by atoms with Gasteiger partial charge in [0.2, 0.25) is 0 Å². The third kappa shape index (κ3) is 6.55. The lowest BCUT2D eigenvalue weighted by atomic mass is 10.1. The Morgan fingerprint density at radius 1 is 1.14 bits per heavy atom. The topological polar surface area (TPSA) is 126 Å². The molecule has 2 fully saturated rings. The van der Waals surface area contributed by atoms with Gasteiger partial charge in [-0.2, -0.15) is 0 Å². The van der Waals surface area contributed by atoms with Crippen molar-refractivity contribution in [1.29, 1.82) is 0 Å². The fourth-order valence-corrected chi connectivity index (χ4v) is 4.40. The van der Waals surface area contributed by atoms with Crippen LogP contribution < -0.4 is 16.0 Å². The van der Waals surface area contributed by atoms with E-state index < -0.39 is 10.8 Å². The lowest BCUT2D eigenvalue weighted by Gasteiger charge is -2.31. The van der Waals surface area contributed by atoms with E-state index in [2.05, 4.69) is 20.1 Å². The molecule has 2 heterocycles. The highest BCUT2D eigenvalue weighted by molar-refractivity contribution is 6.07. The van der Waals surface area contributed by atoms with Crippen LogP contribution in [0.15, 0.2) is 41.4 Å². The zero-order valence-electron chi connectivity index (χ0n) is 19.8. The van der Waals surface area contributed by atoms with Crippen LogP contribution in [0, 0.1) is 10.1 Å². The molecule has 2 aromatic carbocycles. The van der Waals surface area contributed by atoms with Crippen molar-refractivity contribution in [2.24, 2.45) is 4.99 Å². The molecule has 0 radical (unpaired) electrons. The minimum absolute atomic E-state index is 0.134. The molecule has 186 valence electrons. The molecule has 10 heteroatoms. The molecule has 3 N–H and O–H groups in total. The van der Waals surface area contributed by atoms with E-state index in [0.717, 1.165) is 30.9 Å². The fourth-order valence-electron chi connectivity index (χ4n) is 4.40. The summed E-state index contributed by atoms with van der Waals surface area (Å²) in [5.74, 6) is -0.430. The van der Waals surface area contributed by atoms with Gasteiger partial charge in [-0.05, 0) is 44.1 Å². The quantitative estimate of drug-likeness (QED) is 0.257. The van der Waals surface area contributed by atoms with Crippen molar-refractivity contribution in [3.8, 4) is 0 Å². The maximum Gasteiger partial charge on any atom is 0.270 e. The van der Waals surface area contributed by atoms with Crippen molar-refractivity contribution in [1.82, 2.24) is 4.90 Å². The van der Waals surface area contributed by atoms with Crippen LogP contribution in [-0.4, -0.2) is 74.4 Å². The summed E-state index contributed by atoms with van der Waals surface area (Å²) in [6, 6.07) is 9.35. The zero-order valence-corrected chi connectivity index (χ0v) is 19.8. The monoisotopic (exact) mass is 480 g/mol. The Morgan fingerprint density at radius 2 is 1.91 bits per heavy atom. The number of carbonyl (C=O) groups is 1. The molecule has 4 rings (SSSR count). The van der Waals surface area contributed by atoms with Crippen molar-refractivity contribution < 1.29 is 14.5 Å². The molecule has 2 aliphatic rings. The van der Waals surface area contributed by atoms with E-state index in [-0.39, 0.29) is 11.3 Å². The number of nitrogen functional groups attached to an aromatic ring is 1. The van der Waals surface area contributed by atoms with Crippen molar-refractivity contribution in [3.05, 3.63) is 57.6 Å². The Kier molecular flexibility index (Phi) is 8.27. The number of nitro benzene ring substituents is 1. The smallest absolute Gasteiger partial charge is 0.270 e. The maximum atomic E-state index is 13.0. The SMILES string of the molecule is Nc1cc(N2CCOCC2)c(NC(=O)c2cccc([N+](=O)[O-])c2)cc1C=NCCN1CCCCC1. The molecule has 0 bridgehead atoms. The minimum atomic E-state index is -0.516. The largest absolute Gasteiger partial charge is 0.398 e. The van der Waals surface area contributed by atoms with Crippen LogP contribution >= 0.6 is 0 Å². The molecule has 2 aliphatic heterocycles. The number of carbonyl (C=O) groups excluding carboxylic acids is 1. The summed E-state index contributed by atoms with van der Waals surface area (Å²) in [5, 5.41) is 14.1. The predicted molar refractivity (Wildman–Crippen MR) is 138 cm³/mol. The molecule has 10 nitrogen and oxygen atoms in total. The van der Waals surface area contributed by atoms with E-state index in [9.17, 15) is 14.9 Å². The second kappa shape index (κ2) is 11.8. The number of nitrogens with two attached hydrogens (primary N) is 1. The molecule has 0 atom stereocenters. The summed E-state index contributed by atoms with van der Waals surface area (Å²) in [7, 11) is 0. The third-order valence-corrected chi connectivity index (χ3v) is 6.34. The Bertz CT molecular complexity index is 1080. The fraction of sp³-hybridized carbons (Fsp3) is 0.440. The van der Waals surface area contributed by atoms with Crippen LogP contribution in [0.2, 0.25) is 0 Å². The maximum absolute atomic E-state index is 13.0. The van der Waals surface area contributed by atoms with Crippen molar-refractivity contribution in [2.75, 3.05) is 68.4 Å². The van der Waals surface area contributed by atoms with Gasteiger partial charge in [-0.15, -0.1) is 0 Å². The summed E-state index contributed by atoms with van der Waals surface area (Å²) in [5.41, 5.74) is 9.10. The molecule has 0 spiro atoms. The Morgan fingerprint density at radius 3 is 2.66 bits per heavy atom. The standard InChI is InChI=1S/C25H32N6O4/c26-22-17-24(30-11-13-35-14-12-30)23(28-25(32)19-5-4-6-21(15-19)31(33)34)16-20(22)18-27-7-10-29-8-2-1-3-9-29/h4-6,15-18H,1-3,7-14,26H2,(H,28,32). The number of aliphatic imine (C=N–C) groups is 1. The van der Waals surface area contributed by atoms with Crippen LogP contribution in [0.5, 0.6) is 0 Å². The number of nitrogens with one attached hydrogen (secondary N) is 1. The number of nitro groups is 1. The van der Waals surface area contributed by atoms with Crippen LogP contribution in [0.1, 0.15) is 35.2 Å². The van der Waals surface area contributed by atoms with Crippen molar-refractivity contribution in [2.45, 2.75) is 19.3 Å². The van der Waals surface area contributed by atoms with Crippen molar-refractivity contribution in [3.63, 3.8) is 0 Å². The summed E-state index contributed by atoms with van der Waals surface area (Å²) in [6.45, 7) is 6.35. The summed E-state index contributed by atoms with van der Waals surface area (Å²) in [6.07, 6.45) is 5.54. The minimum Gasteiger partial charge on any atom is -0.398 e. The average Bonchev–Trinajstić information content (AvgIpc) is 2.89. The zero-order chi connectivity index (χ0) is 24.6. The molecule has 35 heavy (non-hydrogen) atoms. The predicted octanol–water partition coefficient (Wildman–Crippen LogP) is 3.17. The Balaban J connectivity index is 1.55. The van der Waals surface area contributed by atoms with Gasteiger partial charge < -0.3 is 25.6 Å². The highest BCUT2D eigenvalue weighted by atomic mass is 16.6. The number of rotatable bonds is 8. The second-order valence-electron chi connectivity index (χ2n) is 8.80. The van der Waals surface area contributed by atoms with E-state index in [1.54, 1.807) is 12.3 Å². The first kappa shape index (κ1) is 24.6. The summed E-state index contributed by atoms with van der Waals surface area (Å²) < 4.78 is 5.47. The number of morpholine rings is 1. The number of non-ortho nitro benzene ring substituents is 1. The number of amides is 1. The van der Waals surface area contributed by atoms with Gasteiger partial charge in [-0.25, -0.2) is 0 Å². The molecule has 2 saturated heterocycles. The van der Waals surface area contributed by atoms with E-state index in [1.807, 2.05) is 12.1 Å². The second-order valence-corrected chi connectivity index (χ2v) is 8.80. The first-order valence-corrected chi connectivity index (χ1v) is 12.1. The molecular formula is C25H32N6O4. The van der Waals surface area contributed by atoms with Gasteiger partial charge in [0.25, 0.3) is 11.6 Å². The Labute approximate surface area is 204 Å². The molecule has 0 saturated carbocycles.